The Hall–Kier alpha value is -0.121. The predicted octanol–water partition coefficient (Wildman–Crippen LogP) is 4.36. The Balaban J connectivity index is 2.30. The Morgan fingerprint density at radius 1 is 0.885 bits per heavy atom. The molecule has 8 heteroatoms. The molecule has 26 heavy (non-hydrogen) atoms. The van der Waals surface area contributed by atoms with E-state index in [1.807, 2.05) is 40.7 Å². The maximum atomic E-state index is 6.47. The minimum Gasteiger partial charge on any atom is -0.496 e. The third kappa shape index (κ3) is 5.23. The number of rotatable bonds is 5. The normalized spacial score (nSPS) is 31.6. The minimum atomic E-state index is -1.76. The molecule has 0 amide bonds. The van der Waals surface area contributed by atoms with Gasteiger partial charge in [0.05, 0.1) is 17.3 Å². The van der Waals surface area contributed by atoms with Gasteiger partial charge in [-0.25, -0.2) is 0 Å². The summed E-state index contributed by atoms with van der Waals surface area (Å²) in [6, 6.07) is 0. The zero-order chi connectivity index (χ0) is 20.1. The molecule has 3 atom stereocenters. The summed E-state index contributed by atoms with van der Waals surface area (Å²) in [6.45, 7) is 23.4. The van der Waals surface area contributed by atoms with E-state index < -0.39 is 35.0 Å². The Bertz CT molecular complexity index is 535. The van der Waals surface area contributed by atoms with E-state index in [4.69, 9.17) is 22.9 Å². The fourth-order valence-electron chi connectivity index (χ4n) is 3.02. The molecule has 5 nitrogen and oxygen atoms in total. The van der Waals surface area contributed by atoms with Crippen molar-refractivity contribution in [1.82, 2.24) is 0 Å². The summed E-state index contributed by atoms with van der Waals surface area (Å²) in [5.41, 5.74) is -0.0903. The smallest absolute Gasteiger partial charge is 0.496 e. The fourth-order valence-corrected chi connectivity index (χ4v) is 5.18. The van der Waals surface area contributed by atoms with E-state index in [1.165, 1.54) is 0 Å². The van der Waals surface area contributed by atoms with Gasteiger partial charge in [0.1, 0.15) is 17.9 Å². The Kier molecular flexibility index (Phi) is 6.01. The fraction of sp³-hybridized carbons (Fsp3) is 0.889. The van der Waals surface area contributed by atoms with Gasteiger partial charge in [-0.2, -0.15) is 0 Å². The quantitative estimate of drug-likeness (QED) is 0.642. The minimum absolute atomic E-state index is 0.112. The molecule has 1 saturated heterocycles. The zero-order valence-electron chi connectivity index (χ0n) is 18.4. The van der Waals surface area contributed by atoms with Crippen LogP contribution in [0.4, 0.5) is 0 Å². The summed E-state index contributed by atoms with van der Waals surface area (Å²) >= 11 is 0. The second-order valence-corrected chi connectivity index (χ2v) is 19.3. The van der Waals surface area contributed by atoms with E-state index in [1.54, 1.807) is 0 Å². The van der Waals surface area contributed by atoms with E-state index in [0.717, 1.165) is 0 Å². The highest BCUT2D eigenvalue weighted by molar-refractivity contribution is 6.70. The monoisotopic (exact) mass is 400 g/mol. The molecule has 2 heterocycles. The first-order chi connectivity index (χ1) is 11.5. The van der Waals surface area contributed by atoms with Crippen LogP contribution in [0.25, 0.3) is 0 Å². The number of hydrogen-bond donors (Lipinski definition) is 0. The molecule has 150 valence electrons. The van der Waals surface area contributed by atoms with Crippen LogP contribution in [0.5, 0.6) is 0 Å². The third-order valence-corrected chi connectivity index (χ3v) is 6.86. The van der Waals surface area contributed by atoms with Gasteiger partial charge in [-0.1, -0.05) is 0 Å². The van der Waals surface area contributed by atoms with Gasteiger partial charge in [0.25, 0.3) is 0 Å². The second kappa shape index (κ2) is 7.04. The molecule has 2 rings (SSSR count). The van der Waals surface area contributed by atoms with Crippen molar-refractivity contribution in [3.05, 3.63) is 11.7 Å². The maximum Gasteiger partial charge on any atom is 0.531 e. The Morgan fingerprint density at radius 3 is 1.77 bits per heavy atom. The molecule has 0 spiro atoms. The topological polar surface area (TPSA) is 46.2 Å². The van der Waals surface area contributed by atoms with E-state index in [2.05, 4.69) is 39.3 Å². The average Bonchev–Trinajstić information content (AvgIpc) is 2.59. The van der Waals surface area contributed by atoms with Crippen LogP contribution >= 0.6 is 0 Å². The highest BCUT2D eigenvalue weighted by Crippen LogP contribution is 2.40. The van der Waals surface area contributed by atoms with Crippen molar-refractivity contribution in [2.75, 3.05) is 0 Å². The molecule has 2 aliphatic rings. The first kappa shape index (κ1) is 22.2. The van der Waals surface area contributed by atoms with E-state index in [9.17, 15) is 0 Å². The number of hydrogen-bond acceptors (Lipinski definition) is 5. The first-order valence-corrected chi connectivity index (χ1v) is 16.4. The van der Waals surface area contributed by atoms with Crippen LogP contribution in [0, 0.1) is 0 Å². The summed E-state index contributed by atoms with van der Waals surface area (Å²) in [4.78, 5) is 0. The standard InChI is InChI=1S/C18H37BO5Si2/c1-13-16(22-26(9,10)11)14(21-25(6,7)8)12-15(20-13)19-23-17(2,3)18(4,5)24-19/h12-14,16H,1-11H3/t13-,14-,16-/m0/s1. The van der Waals surface area contributed by atoms with Crippen molar-refractivity contribution in [3.63, 3.8) is 0 Å². The van der Waals surface area contributed by atoms with Crippen molar-refractivity contribution in [2.24, 2.45) is 0 Å². The van der Waals surface area contributed by atoms with Gasteiger partial charge in [-0.15, -0.1) is 0 Å². The van der Waals surface area contributed by atoms with Crippen LogP contribution in [-0.2, 0) is 22.9 Å². The summed E-state index contributed by atoms with van der Waals surface area (Å²) < 4.78 is 31.5. The van der Waals surface area contributed by atoms with Crippen LogP contribution in [0.1, 0.15) is 34.6 Å². The van der Waals surface area contributed by atoms with E-state index in [-0.39, 0.29) is 18.3 Å². The van der Waals surface area contributed by atoms with Crippen molar-refractivity contribution >= 4 is 23.8 Å². The van der Waals surface area contributed by atoms with Crippen molar-refractivity contribution in [2.45, 2.75) is 103 Å². The molecule has 2 aliphatic heterocycles. The third-order valence-electron chi connectivity index (χ3n) is 4.90. The molecule has 0 aromatic carbocycles. The lowest BCUT2D eigenvalue weighted by Crippen LogP contribution is -2.52. The maximum absolute atomic E-state index is 6.47. The molecule has 0 N–H and O–H groups in total. The van der Waals surface area contributed by atoms with E-state index >= 15 is 0 Å². The molecule has 0 aliphatic carbocycles. The summed E-state index contributed by atoms with van der Waals surface area (Å²) in [5.74, 6) is 0. The Labute approximate surface area is 162 Å². The van der Waals surface area contributed by atoms with Crippen molar-refractivity contribution < 1.29 is 22.9 Å². The lowest BCUT2D eigenvalue weighted by atomic mass is 9.83. The molecule has 0 unspecified atom stereocenters. The first-order valence-electron chi connectivity index (χ1n) is 9.60. The summed E-state index contributed by atoms with van der Waals surface area (Å²) in [5, 5.41) is 0. The largest absolute Gasteiger partial charge is 0.531 e. The molecule has 0 aromatic heterocycles. The van der Waals surface area contributed by atoms with Gasteiger partial charge >= 0.3 is 7.12 Å². The molecular formula is C18H37BO5Si2. The van der Waals surface area contributed by atoms with Crippen LogP contribution in [0.2, 0.25) is 39.3 Å². The van der Waals surface area contributed by atoms with Gasteiger partial charge in [-0.05, 0) is 80.0 Å². The predicted molar refractivity (Wildman–Crippen MR) is 111 cm³/mol. The van der Waals surface area contributed by atoms with Crippen LogP contribution in [0.3, 0.4) is 0 Å². The van der Waals surface area contributed by atoms with E-state index in [0.29, 0.717) is 5.66 Å². The van der Waals surface area contributed by atoms with Gasteiger partial charge in [-0.3, -0.25) is 0 Å². The molecule has 0 radical (unpaired) electrons. The van der Waals surface area contributed by atoms with Gasteiger partial charge in [0.15, 0.2) is 16.6 Å². The summed E-state index contributed by atoms with van der Waals surface area (Å²) in [7, 11) is -4.01. The average molecular weight is 400 g/mol. The highest BCUT2D eigenvalue weighted by atomic mass is 28.4. The van der Waals surface area contributed by atoms with Crippen molar-refractivity contribution in [3.8, 4) is 0 Å². The SMILES string of the molecule is C[C@@H]1OC(B2OC(C)(C)C(C)(C)O2)=C[C@H](O[Si](C)(C)C)[C@H]1O[Si](C)(C)C. The molecule has 0 bridgehead atoms. The van der Waals surface area contributed by atoms with Gasteiger partial charge < -0.3 is 22.9 Å². The van der Waals surface area contributed by atoms with Gasteiger partial charge in [0.2, 0.25) is 0 Å². The van der Waals surface area contributed by atoms with Crippen LogP contribution in [-0.4, -0.2) is 53.3 Å². The lowest BCUT2D eigenvalue weighted by Gasteiger charge is -2.41. The van der Waals surface area contributed by atoms with Crippen LogP contribution in [0.15, 0.2) is 11.7 Å². The molecule has 0 saturated carbocycles. The highest BCUT2D eigenvalue weighted by Gasteiger charge is 2.55. The summed E-state index contributed by atoms with van der Waals surface area (Å²) in [6.07, 6.45) is 1.64. The molecule has 0 aromatic rings. The molecule has 1 fully saturated rings. The van der Waals surface area contributed by atoms with Crippen LogP contribution < -0.4 is 0 Å². The zero-order valence-corrected chi connectivity index (χ0v) is 20.4. The lowest BCUT2D eigenvalue weighted by molar-refractivity contribution is -0.0460. The Morgan fingerprint density at radius 2 is 1.35 bits per heavy atom. The number of ether oxygens (including phenoxy) is 1. The van der Waals surface area contributed by atoms with Gasteiger partial charge in [0, 0.05) is 0 Å². The molecular weight excluding hydrogens is 363 g/mol. The van der Waals surface area contributed by atoms with Crippen molar-refractivity contribution in [1.29, 1.82) is 0 Å². The second-order valence-electron chi connectivity index (χ2n) is 10.4.